The molecule has 136 valence electrons. The van der Waals surface area contributed by atoms with Gasteiger partial charge in [0.15, 0.2) is 11.7 Å². The van der Waals surface area contributed by atoms with E-state index in [2.05, 4.69) is 36.1 Å². The molecule has 1 aliphatic heterocycles. The van der Waals surface area contributed by atoms with Crippen LogP contribution >= 0.6 is 24.0 Å². The van der Waals surface area contributed by atoms with Crippen LogP contribution in [0.4, 0.5) is 0 Å². The zero-order chi connectivity index (χ0) is 16.3. The normalized spacial score (nSPS) is 20.0. The smallest absolute Gasteiger partial charge is 0.194 e. The number of hydrogen-bond donors (Lipinski definition) is 1. The highest BCUT2D eigenvalue weighted by atomic mass is 127. The van der Waals surface area contributed by atoms with E-state index in [1.54, 1.807) is 0 Å². The number of aromatic nitrogens is 1. The van der Waals surface area contributed by atoms with Gasteiger partial charge >= 0.3 is 0 Å². The van der Waals surface area contributed by atoms with E-state index >= 15 is 0 Å². The average Bonchev–Trinajstić information content (AvgIpc) is 3.26. The first kappa shape index (κ1) is 19.5. The Morgan fingerprint density at radius 3 is 2.75 bits per heavy atom. The summed E-state index contributed by atoms with van der Waals surface area (Å²) in [6.07, 6.45) is 6.90. The highest BCUT2D eigenvalue weighted by Crippen LogP contribution is 2.45. The van der Waals surface area contributed by atoms with Crippen molar-refractivity contribution in [3.8, 4) is 0 Å². The molecule has 1 saturated heterocycles. The Labute approximate surface area is 162 Å². The SMILES string of the molecule is CCNC(=NCc1cc(C(C)C)no1)N1CCC2(CCCC2)C1.I. The maximum absolute atomic E-state index is 5.41. The fraction of sp³-hybridized carbons (Fsp3) is 0.778. The van der Waals surface area contributed by atoms with Gasteiger partial charge in [0.1, 0.15) is 6.54 Å². The van der Waals surface area contributed by atoms with Gasteiger partial charge in [-0.05, 0) is 37.5 Å². The van der Waals surface area contributed by atoms with Gasteiger partial charge in [0.25, 0.3) is 0 Å². The van der Waals surface area contributed by atoms with Crippen molar-refractivity contribution >= 4 is 29.9 Å². The first-order valence-electron chi connectivity index (χ1n) is 9.11. The Balaban J connectivity index is 0.00000208. The van der Waals surface area contributed by atoms with Crippen molar-refractivity contribution in [2.45, 2.75) is 65.3 Å². The lowest BCUT2D eigenvalue weighted by Gasteiger charge is -2.25. The minimum absolute atomic E-state index is 0. The van der Waals surface area contributed by atoms with Crippen LogP contribution in [0.15, 0.2) is 15.6 Å². The minimum Gasteiger partial charge on any atom is -0.359 e. The second-order valence-corrected chi connectivity index (χ2v) is 7.42. The molecule has 6 heteroatoms. The van der Waals surface area contributed by atoms with Crippen LogP contribution in [0.5, 0.6) is 0 Å². The summed E-state index contributed by atoms with van der Waals surface area (Å²) in [4.78, 5) is 7.23. The number of guanidine groups is 1. The number of nitrogens with zero attached hydrogens (tertiary/aromatic N) is 3. The molecule has 0 amide bonds. The number of halogens is 1. The fourth-order valence-corrected chi connectivity index (χ4v) is 3.90. The van der Waals surface area contributed by atoms with Crippen molar-refractivity contribution in [1.82, 2.24) is 15.4 Å². The lowest BCUT2D eigenvalue weighted by atomic mass is 9.86. The summed E-state index contributed by atoms with van der Waals surface area (Å²) in [5, 5.41) is 7.56. The molecule has 1 N–H and O–H groups in total. The highest BCUT2D eigenvalue weighted by molar-refractivity contribution is 14.0. The largest absolute Gasteiger partial charge is 0.359 e. The molecule has 0 radical (unpaired) electrons. The molecular formula is C18H31IN4O. The van der Waals surface area contributed by atoms with Crippen LogP contribution in [0.25, 0.3) is 0 Å². The molecule has 2 fully saturated rings. The third kappa shape index (κ3) is 4.43. The lowest BCUT2D eigenvalue weighted by molar-refractivity contribution is 0.309. The molecule has 2 aliphatic rings. The van der Waals surface area contributed by atoms with E-state index in [9.17, 15) is 0 Å². The van der Waals surface area contributed by atoms with Crippen LogP contribution in [0.3, 0.4) is 0 Å². The number of hydrogen-bond acceptors (Lipinski definition) is 3. The number of rotatable bonds is 4. The topological polar surface area (TPSA) is 53.7 Å². The summed E-state index contributed by atoms with van der Waals surface area (Å²) < 4.78 is 5.41. The molecule has 1 aromatic heterocycles. The number of nitrogens with one attached hydrogen (secondary N) is 1. The van der Waals surface area contributed by atoms with Crippen LogP contribution in [0.2, 0.25) is 0 Å². The van der Waals surface area contributed by atoms with Crippen LogP contribution in [0, 0.1) is 5.41 Å². The van der Waals surface area contributed by atoms with Gasteiger partial charge in [0, 0.05) is 25.7 Å². The Morgan fingerprint density at radius 1 is 1.38 bits per heavy atom. The quantitative estimate of drug-likeness (QED) is 0.429. The van der Waals surface area contributed by atoms with E-state index in [1.807, 2.05) is 6.07 Å². The second kappa shape index (κ2) is 8.54. The van der Waals surface area contributed by atoms with Crippen molar-refractivity contribution in [2.24, 2.45) is 10.4 Å². The van der Waals surface area contributed by atoms with Crippen molar-refractivity contribution in [1.29, 1.82) is 0 Å². The molecule has 1 aliphatic carbocycles. The van der Waals surface area contributed by atoms with Gasteiger partial charge in [-0.15, -0.1) is 24.0 Å². The van der Waals surface area contributed by atoms with E-state index in [0.717, 1.165) is 37.0 Å². The van der Waals surface area contributed by atoms with E-state index < -0.39 is 0 Å². The molecule has 0 aromatic carbocycles. The molecule has 0 unspecified atom stereocenters. The minimum atomic E-state index is 0. The fourth-order valence-electron chi connectivity index (χ4n) is 3.90. The average molecular weight is 446 g/mol. The lowest BCUT2D eigenvalue weighted by Crippen LogP contribution is -2.41. The van der Waals surface area contributed by atoms with E-state index in [0.29, 0.717) is 17.9 Å². The molecule has 0 bridgehead atoms. The summed E-state index contributed by atoms with van der Waals surface area (Å²) in [6.45, 7) is 10.1. The van der Waals surface area contributed by atoms with Gasteiger partial charge in [0.2, 0.25) is 0 Å². The van der Waals surface area contributed by atoms with Gasteiger partial charge < -0.3 is 14.7 Å². The molecule has 2 heterocycles. The monoisotopic (exact) mass is 446 g/mol. The van der Waals surface area contributed by atoms with Gasteiger partial charge in [-0.2, -0.15) is 0 Å². The standard InChI is InChI=1S/C18H30N4O.HI/c1-4-19-17(20-12-15-11-16(14(2)3)21-23-15)22-10-9-18(13-22)7-5-6-8-18;/h11,14H,4-10,12-13H2,1-3H3,(H,19,20);1H. The maximum Gasteiger partial charge on any atom is 0.194 e. The molecule has 1 spiro atoms. The van der Waals surface area contributed by atoms with Crippen LogP contribution in [-0.4, -0.2) is 35.7 Å². The Morgan fingerprint density at radius 2 is 2.12 bits per heavy atom. The van der Waals surface area contributed by atoms with E-state index in [-0.39, 0.29) is 24.0 Å². The predicted molar refractivity (Wildman–Crippen MR) is 108 cm³/mol. The molecule has 24 heavy (non-hydrogen) atoms. The maximum atomic E-state index is 5.41. The van der Waals surface area contributed by atoms with Crippen LogP contribution < -0.4 is 5.32 Å². The highest BCUT2D eigenvalue weighted by Gasteiger charge is 2.41. The predicted octanol–water partition coefficient (Wildman–Crippen LogP) is 4.15. The zero-order valence-corrected chi connectivity index (χ0v) is 17.5. The van der Waals surface area contributed by atoms with Crippen molar-refractivity contribution in [2.75, 3.05) is 19.6 Å². The molecular weight excluding hydrogens is 415 g/mol. The first-order chi connectivity index (χ1) is 11.1. The molecule has 5 nitrogen and oxygen atoms in total. The number of aliphatic imine (C=N–C) groups is 1. The van der Waals surface area contributed by atoms with Gasteiger partial charge in [-0.25, -0.2) is 4.99 Å². The Kier molecular flexibility index (Phi) is 6.95. The van der Waals surface area contributed by atoms with Gasteiger partial charge in [-0.1, -0.05) is 31.8 Å². The summed E-state index contributed by atoms with van der Waals surface area (Å²) in [5.41, 5.74) is 1.57. The summed E-state index contributed by atoms with van der Waals surface area (Å²) in [5.74, 6) is 2.27. The summed E-state index contributed by atoms with van der Waals surface area (Å²) in [6, 6.07) is 2.03. The summed E-state index contributed by atoms with van der Waals surface area (Å²) in [7, 11) is 0. The van der Waals surface area contributed by atoms with Gasteiger partial charge in [-0.3, -0.25) is 0 Å². The first-order valence-corrected chi connectivity index (χ1v) is 9.11. The third-order valence-electron chi connectivity index (χ3n) is 5.29. The molecule has 3 rings (SSSR count). The van der Waals surface area contributed by atoms with Crippen LogP contribution in [0.1, 0.15) is 70.2 Å². The third-order valence-corrected chi connectivity index (χ3v) is 5.29. The number of likely N-dealkylation sites (tertiary alicyclic amines) is 1. The Bertz CT molecular complexity index is 549. The van der Waals surface area contributed by atoms with Crippen molar-refractivity contribution in [3.05, 3.63) is 17.5 Å². The Hall–Kier alpha value is -0.790. The van der Waals surface area contributed by atoms with E-state index in [4.69, 9.17) is 9.52 Å². The van der Waals surface area contributed by atoms with Crippen molar-refractivity contribution in [3.63, 3.8) is 0 Å². The van der Waals surface area contributed by atoms with Crippen LogP contribution in [-0.2, 0) is 6.54 Å². The second-order valence-electron chi connectivity index (χ2n) is 7.42. The molecule has 1 saturated carbocycles. The molecule has 1 aromatic rings. The van der Waals surface area contributed by atoms with Crippen molar-refractivity contribution < 1.29 is 4.52 Å². The molecule has 0 atom stereocenters. The van der Waals surface area contributed by atoms with Gasteiger partial charge in [0.05, 0.1) is 5.69 Å². The summed E-state index contributed by atoms with van der Waals surface area (Å²) >= 11 is 0. The zero-order valence-electron chi connectivity index (χ0n) is 15.2. The van der Waals surface area contributed by atoms with E-state index in [1.165, 1.54) is 32.1 Å².